The molecule has 106 valence electrons. The zero-order valence-electron chi connectivity index (χ0n) is 10.4. The largest absolute Gasteiger partial charge is 0.356 e. The van der Waals surface area contributed by atoms with Crippen LogP contribution in [0, 0.1) is 0 Å². The van der Waals surface area contributed by atoms with E-state index in [0.29, 0.717) is 21.4 Å². The van der Waals surface area contributed by atoms with E-state index in [0.717, 1.165) is 5.01 Å². The van der Waals surface area contributed by atoms with Crippen molar-refractivity contribution in [3.63, 3.8) is 0 Å². The molecule has 7 nitrogen and oxygen atoms in total. The lowest BCUT2D eigenvalue weighted by Crippen LogP contribution is -2.55. The van der Waals surface area contributed by atoms with E-state index in [1.165, 1.54) is 6.07 Å². The van der Waals surface area contributed by atoms with Crippen LogP contribution >= 0.6 is 23.2 Å². The van der Waals surface area contributed by atoms with Gasteiger partial charge in [-0.15, -0.1) is 0 Å². The van der Waals surface area contributed by atoms with E-state index in [1.54, 1.807) is 19.1 Å². The molecule has 0 atom stereocenters. The van der Waals surface area contributed by atoms with E-state index in [4.69, 9.17) is 23.2 Å². The standard InChI is InChI=1S/C11H11Cl2N5O2/c1-6-5-18(11(20)16-15-6)17-10(19)14-7-2-3-8(12)9(13)4-7/h2-4H,5H2,1H3,(H,16,20)(H2,14,17,19). The molecule has 1 aromatic carbocycles. The van der Waals surface area contributed by atoms with Crippen molar-refractivity contribution < 1.29 is 9.59 Å². The van der Waals surface area contributed by atoms with Crippen LogP contribution in [0.1, 0.15) is 6.92 Å². The van der Waals surface area contributed by atoms with Gasteiger partial charge in [0.15, 0.2) is 0 Å². The third-order valence-electron chi connectivity index (χ3n) is 2.39. The van der Waals surface area contributed by atoms with Crippen LogP contribution in [0.4, 0.5) is 15.3 Å². The zero-order chi connectivity index (χ0) is 14.7. The van der Waals surface area contributed by atoms with Gasteiger partial charge in [0.2, 0.25) is 0 Å². The number of urea groups is 2. The van der Waals surface area contributed by atoms with Gasteiger partial charge in [0, 0.05) is 5.69 Å². The monoisotopic (exact) mass is 315 g/mol. The van der Waals surface area contributed by atoms with Crippen molar-refractivity contribution in [2.24, 2.45) is 5.10 Å². The topological polar surface area (TPSA) is 85.8 Å². The number of hydrogen-bond donors (Lipinski definition) is 3. The molecule has 1 aliphatic rings. The van der Waals surface area contributed by atoms with Crippen molar-refractivity contribution >= 4 is 46.7 Å². The van der Waals surface area contributed by atoms with Gasteiger partial charge in [-0.3, -0.25) is 0 Å². The van der Waals surface area contributed by atoms with Crippen LogP contribution in [0.2, 0.25) is 10.0 Å². The van der Waals surface area contributed by atoms with Gasteiger partial charge in [-0.1, -0.05) is 23.2 Å². The van der Waals surface area contributed by atoms with Gasteiger partial charge >= 0.3 is 12.1 Å². The van der Waals surface area contributed by atoms with Crippen LogP contribution in [0.25, 0.3) is 0 Å². The van der Waals surface area contributed by atoms with Gasteiger partial charge in [-0.2, -0.15) is 5.10 Å². The fourth-order valence-electron chi connectivity index (χ4n) is 1.49. The maximum Gasteiger partial charge on any atom is 0.356 e. The number of nitrogens with one attached hydrogen (secondary N) is 3. The van der Waals surface area contributed by atoms with Crippen molar-refractivity contribution in [3.05, 3.63) is 28.2 Å². The molecular formula is C11H11Cl2N5O2. The molecule has 0 aromatic heterocycles. The third kappa shape index (κ3) is 3.52. The number of benzene rings is 1. The maximum absolute atomic E-state index is 11.8. The normalized spacial score (nSPS) is 14.4. The summed E-state index contributed by atoms with van der Waals surface area (Å²) in [5, 5.41) is 8.10. The number of carbonyl (C=O) groups excluding carboxylic acids is 2. The highest BCUT2D eigenvalue weighted by molar-refractivity contribution is 6.42. The SMILES string of the molecule is CC1=NNC(=O)N(NC(=O)Nc2ccc(Cl)c(Cl)c2)C1. The molecule has 0 bridgehead atoms. The van der Waals surface area contributed by atoms with Crippen LogP contribution in [0.5, 0.6) is 0 Å². The highest BCUT2D eigenvalue weighted by atomic mass is 35.5. The predicted octanol–water partition coefficient (Wildman–Crippen LogP) is 2.43. The number of nitrogens with zero attached hydrogens (tertiary/aromatic N) is 2. The van der Waals surface area contributed by atoms with Crippen molar-refractivity contribution in [2.75, 3.05) is 11.9 Å². The number of rotatable bonds is 2. The minimum Gasteiger partial charge on any atom is -0.307 e. The van der Waals surface area contributed by atoms with Crippen molar-refractivity contribution in [3.8, 4) is 0 Å². The number of amides is 4. The first-order chi connectivity index (χ1) is 9.45. The average molecular weight is 316 g/mol. The number of halogens is 2. The molecule has 1 heterocycles. The Kier molecular flexibility index (Phi) is 4.31. The fraction of sp³-hybridized carbons (Fsp3) is 0.182. The first-order valence-corrected chi connectivity index (χ1v) is 6.34. The Morgan fingerprint density at radius 3 is 2.85 bits per heavy atom. The Bertz CT molecular complexity index is 590. The predicted molar refractivity (Wildman–Crippen MR) is 77.0 cm³/mol. The highest BCUT2D eigenvalue weighted by Crippen LogP contribution is 2.24. The van der Waals surface area contributed by atoms with E-state index in [1.807, 2.05) is 0 Å². The van der Waals surface area contributed by atoms with Crippen LogP contribution < -0.4 is 16.2 Å². The molecule has 0 spiro atoms. The van der Waals surface area contributed by atoms with E-state index in [2.05, 4.69) is 21.3 Å². The van der Waals surface area contributed by atoms with Gasteiger partial charge in [-0.05, 0) is 25.1 Å². The molecule has 0 saturated carbocycles. The minimum atomic E-state index is -0.576. The summed E-state index contributed by atoms with van der Waals surface area (Å²) in [5.41, 5.74) is 5.78. The second kappa shape index (κ2) is 5.98. The molecule has 4 amide bonds. The van der Waals surface area contributed by atoms with Crippen LogP contribution in [-0.2, 0) is 0 Å². The third-order valence-corrected chi connectivity index (χ3v) is 3.13. The lowest BCUT2D eigenvalue weighted by molar-refractivity contribution is 0.177. The highest BCUT2D eigenvalue weighted by Gasteiger charge is 2.20. The van der Waals surface area contributed by atoms with E-state index in [9.17, 15) is 9.59 Å². The number of anilines is 1. The van der Waals surface area contributed by atoms with Gasteiger partial charge in [0.25, 0.3) is 0 Å². The van der Waals surface area contributed by atoms with Crippen LogP contribution in [-0.4, -0.2) is 29.3 Å². The molecule has 0 aliphatic carbocycles. The fourth-order valence-corrected chi connectivity index (χ4v) is 1.78. The molecule has 0 radical (unpaired) electrons. The molecule has 0 fully saturated rings. The molecule has 0 saturated heterocycles. The Morgan fingerprint density at radius 1 is 1.40 bits per heavy atom. The Hall–Kier alpha value is -1.99. The summed E-state index contributed by atoms with van der Waals surface area (Å²) in [4.78, 5) is 23.2. The van der Waals surface area contributed by atoms with Crippen LogP contribution in [0.3, 0.4) is 0 Å². The molecule has 20 heavy (non-hydrogen) atoms. The van der Waals surface area contributed by atoms with Crippen molar-refractivity contribution in [1.82, 2.24) is 15.9 Å². The lowest BCUT2D eigenvalue weighted by atomic mass is 10.3. The lowest BCUT2D eigenvalue weighted by Gasteiger charge is -2.25. The second-order valence-corrected chi connectivity index (χ2v) is 4.86. The van der Waals surface area contributed by atoms with Gasteiger partial charge in [0.05, 0.1) is 22.3 Å². The zero-order valence-corrected chi connectivity index (χ0v) is 11.9. The summed E-state index contributed by atoms with van der Waals surface area (Å²) in [7, 11) is 0. The first-order valence-electron chi connectivity index (χ1n) is 5.59. The summed E-state index contributed by atoms with van der Waals surface area (Å²) in [6.45, 7) is 1.94. The molecule has 2 rings (SSSR count). The van der Waals surface area contributed by atoms with Crippen molar-refractivity contribution in [2.45, 2.75) is 6.92 Å². The minimum absolute atomic E-state index is 0.209. The van der Waals surface area contributed by atoms with E-state index in [-0.39, 0.29) is 6.54 Å². The molecule has 0 unspecified atom stereocenters. The number of hydrazine groups is 1. The summed E-state index contributed by atoms with van der Waals surface area (Å²) in [5.74, 6) is 0. The van der Waals surface area contributed by atoms with E-state index < -0.39 is 12.1 Å². The maximum atomic E-state index is 11.8. The van der Waals surface area contributed by atoms with Gasteiger partial charge in [0.1, 0.15) is 0 Å². The molecule has 1 aromatic rings. The quantitative estimate of drug-likeness (QED) is 0.783. The van der Waals surface area contributed by atoms with Crippen LogP contribution in [0.15, 0.2) is 23.3 Å². The Balaban J connectivity index is 1.97. The number of carbonyl (C=O) groups is 2. The smallest absolute Gasteiger partial charge is 0.307 e. The molecule has 9 heteroatoms. The summed E-state index contributed by atoms with van der Waals surface area (Å²) in [6, 6.07) is 3.57. The van der Waals surface area contributed by atoms with E-state index >= 15 is 0 Å². The second-order valence-electron chi connectivity index (χ2n) is 4.04. The average Bonchev–Trinajstić information content (AvgIpc) is 2.38. The molecule has 1 aliphatic heterocycles. The number of hydrazone groups is 1. The summed E-state index contributed by atoms with van der Waals surface area (Å²) < 4.78 is 0. The Labute approximate surface area is 124 Å². The molecular weight excluding hydrogens is 305 g/mol. The summed E-state index contributed by atoms with van der Waals surface area (Å²) in [6.07, 6.45) is 0. The molecule has 3 N–H and O–H groups in total. The van der Waals surface area contributed by atoms with Gasteiger partial charge in [-0.25, -0.2) is 25.4 Å². The van der Waals surface area contributed by atoms with Gasteiger partial charge < -0.3 is 5.32 Å². The summed E-state index contributed by atoms with van der Waals surface area (Å²) >= 11 is 11.6. The number of hydrogen-bond acceptors (Lipinski definition) is 3. The Morgan fingerprint density at radius 2 is 2.15 bits per heavy atom. The van der Waals surface area contributed by atoms with Crippen molar-refractivity contribution in [1.29, 1.82) is 0 Å². The first kappa shape index (κ1) is 14.4.